The van der Waals surface area contributed by atoms with E-state index in [-0.39, 0.29) is 11.3 Å². The summed E-state index contributed by atoms with van der Waals surface area (Å²) < 4.78 is 0. The number of carbonyl (C=O) groups excluding carboxylic acids is 1. The van der Waals surface area contributed by atoms with Crippen LogP contribution in [0.2, 0.25) is 0 Å². The van der Waals surface area contributed by atoms with Crippen molar-refractivity contribution < 1.29 is 9.72 Å². The van der Waals surface area contributed by atoms with Gasteiger partial charge in [0.2, 0.25) is 0 Å². The number of nitrogens with zero attached hydrogens (tertiary/aromatic N) is 2. The molecule has 2 rings (SSSR count). The molecule has 6 nitrogen and oxygen atoms in total. The number of aryl methyl sites for hydroxylation is 1. The van der Waals surface area contributed by atoms with Crippen LogP contribution in [0.15, 0.2) is 24.4 Å². The molecular weight excluding hydrogens is 266 g/mol. The number of rotatable bonds is 3. The number of nitro benzene ring substituents is 1. The van der Waals surface area contributed by atoms with Crippen molar-refractivity contribution in [3.8, 4) is 0 Å². The molecule has 1 aromatic carbocycles. The molecule has 0 atom stereocenters. The lowest BCUT2D eigenvalue weighted by atomic mass is 10.1. The van der Waals surface area contributed by atoms with Crippen LogP contribution in [0.25, 0.3) is 0 Å². The summed E-state index contributed by atoms with van der Waals surface area (Å²) in [7, 11) is 0. The molecule has 2 aromatic rings. The Bertz CT molecular complexity index is 651. The molecule has 1 heterocycles. The minimum Gasteiger partial charge on any atom is -0.298 e. The number of benzene rings is 1. The van der Waals surface area contributed by atoms with Crippen molar-refractivity contribution in [2.45, 2.75) is 13.8 Å². The molecule has 0 unspecified atom stereocenters. The highest BCUT2D eigenvalue weighted by Gasteiger charge is 2.18. The zero-order chi connectivity index (χ0) is 14.0. The quantitative estimate of drug-likeness (QED) is 0.690. The number of hydrogen-bond donors (Lipinski definition) is 1. The van der Waals surface area contributed by atoms with Crippen LogP contribution in [0.1, 0.15) is 20.8 Å². The third kappa shape index (κ3) is 2.76. The van der Waals surface area contributed by atoms with Gasteiger partial charge >= 0.3 is 0 Å². The topological polar surface area (TPSA) is 85.1 Å². The maximum Gasteiger partial charge on any atom is 0.273 e. The number of nitro groups is 1. The lowest BCUT2D eigenvalue weighted by Crippen LogP contribution is -2.13. The molecule has 0 aliphatic carbocycles. The van der Waals surface area contributed by atoms with E-state index in [1.54, 1.807) is 19.2 Å². The lowest BCUT2D eigenvalue weighted by molar-refractivity contribution is -0.385. The minimum absolute atomic E-state index is 0.0667. The number of thiazole rings is 1. The second-order valence-electron chi connectivity index (χ2n) is 3.94. The van der Waals surface area contributed by atoms with Gasteiger partial charge in [-0.25, -0.2) is 4.98 Å². The van der Waals surface area contributed by atoms with Gasteiger partial charge in [0.1, 0.15) is 0 Å². The number of aromatic nitrogens is 1. The van der Waals surface area contributed by atoms with E-state index < -0.39 is 10.8 Å². The minimum atomic E-state index is -0.500. The number of anilines is 1. The highest BCUT2D eigenvalue weighted by molar-refractivity contribution is 7.15. The van der Waals surface area contributed by atoms with Crippen molar-refractivity contribution in [1.82, 2.24) is 4.98 Å². The SMILES string of the molecule is Cc1cnc(NC(=O)c2cccc([N+](=O)[O-])c2C)s1. The van der Waals surface area contributed by atoms with Gasteiger partial charge in [-0.15, -0.1) is 11.3 Å². The Kier molecular flexibility index (Phi) is 3.57. The predicted molar refractivity (Wildman–Crippen MR) is 72.6 cm³/mol. The van der Waals surface area contributed by atoms with Crippen LogP contribution in [0.3, 0.4) is 0 Å². The van der Waals surface area contributed by atoms with E-state index in [4.69, 9.17) is 0 Å². The Morgan fingerprint density at radius 3 is 2.74 bits per heavy atom. The van der Waals surface area contributed by atoms with E-state index in [1.807, 2.05) is 6.92 Å². The first kappa shape index (κ1) is 13.2. The average molecular weight is 277 g/mol. The Labute approximate surface area is 113 Å². The second kappa shape index (κ2) is 5.15. The molecule has 0 aliphatic rings. The fraction of sp³-hybridized carbons (Fsp3) is 0.167. The molecule has 98 valence electrons. The second-order valence-corrected chi connectivity index (χ2v) is 5.17. The van der Waals surface area contributed by atoms with Gasteiger partial charge in [-0.2, -0.15) is 0 Å². The van der Waals surface area contributed by atoms with E-state index >= 15 is 0 Å². The van der Waals surface area contributed by atoms with Crippen LogP contribution in [-0.2, 0) is 0 Å². The fourth-order valence-electron chi connectivity index (χ4n) is 1.64. The summed E-state index contributed by atoms with van der Waals surface area (Å²) in [5, 5.41) is 13.9. The summed E-state index contributed by atoms with van der Waals surface area (Å²) in [6.45, 7) is 3.44. The third-order valence-electron chi connectivity index (χ3n) is 2.59. The van der Waals surface area contributed by atoms with Crippen molar-refractivity contribution in [2.24, 2.45) is 0 Å². The number of hydrogen-bond acceptors (Lipinski definition) is 5. The Hall–Kier alpha value is -2.28. The summed E-state index contributed by atoms with van der Waals surface area (Å²) in [6.07, 6.45) is 1.65. The van der Waals surface area contributed by atoms with E-state index in [1.165, 1.54) is 23.5 Å². The van der Waals surface area contributed by atoms with E-state index in [9.17, 15) is 14.9 Å². The van der Waals surface area contributed by atoms with Crippen LogP contribution in [0.5, 0.6) is 0 Å². The Morgan fingerprint density at radius 2 is 2.16 bits per heavy atom. The number of amides is 1. The maximum absolute atomic E-state index is 12.1. The standard InChI is InChI=1S/C12H11N3O3S/c1-7-6-13-12(19-7)14-11(16)9-4-3-5-10(8(9)2)15(17)18/h3-6H,1-2H3,(H,13,14,16). The number of carbonyl (C=O) groups is 1. The van der Waals surface area contributed by atoms with Crippen molar-refractivity contribution in [2.75, 3.05) is 5.32 Å². The lowest BCUT2D eigenvalue weighted by Gasteiger charge is -2.05. The fourth-order valence-corrected chi connectivity index (χ4v) is 2.30. The summed E-state index contributed by atoms with van der Waals surface area (Å²) in [6, 6.07) is 4.42. The zero-order valence-corrected chi connectivity index (χ0v) is 11.2. The first-order valence-corrected chi connectivity index (χ1v) is 6.28. The Balaban J connectivity index is 2.29. The largest absolute Gasteiger partial charge is 0.298 e. The van der Waals surface area contributed by atoms with Crippen LogP contribution < -0.4 is 5.32 Å². The molecule has 7 heteroatoms. The zero-order valence-electron chi connectivity index (χ0n) is 10.3. The maximum atomic E-state index is 12.1. The average Bonchev–Trinajstić information content (AvgIpc) is 2.74. The monoisotopic (exact) mass is 277 g/mol. The normalized spacial score (nSPS) is 10.2. The third-order valence-corrected chi connectivity index (χ3v) is 3.42. The van der Waals surface area contributed by atoms with Crippen LogP contribution in [-0.4, -0.2) is 15.8 Å². The van der Waals surface area contributed by atoms with Gasteiger partial charge in [0, 0.05) is 28.3 Å². The van der Waals surface area contributed by atoms with Gasteiger partial charge in [0.05, 0.1) is 4.92 Å². The predicted octanol–water partition coefficient (Wildman–Crippen LogP) is 2.92. The van der Waals surface area contributed by atoms with Gasteiger partial charge in [-0.1, -0.05) is 6.07 Å². The summed E-state index contributed by atoms with van der Waals surface area (Å²) in [5.74, 6) is -0.393. The first-order chi connectivity index (χ1) is 8.99. The molecule has 0 fully saturated rings. The summed E-state index contributed by atoms with van der Waals surface area (Å²) in [5.41, 5.74) is 0.559. The molecule has 0 spiro atoms. The van der Waals surface area contributed by atoms with Crippen LogP contribution in [0.4, 0.5) is 10.8 Å². The molecule has 0 saturated heterocycles. The molecule has 1 amide bonds. The number of nitrogens with one attached hydrogen (secondary N) is 1. The molecule has 1 N–H and O–H groups in total. The molecule has 0 saturated carbocycles. The van der Waals surface area contributed by atoms with Crippen molar-refractivity contribution >= 4 is 28.1 Å². The first-order valence-electron chi connectivity index (χ1n) is 5.47. The molecule has 0 aliphatic heterocycles. The van der Waals surface area contributed by atoms with E-state index in [2.05, 4.69) is 10.3 Å². The van der Waals surface area contributed by atoms with Gasteiger partial charge in [0.25, 0.3) is 11.6 Å². The highest BCUT2D eigenvalue weighted by Crippen LogP contribution is 2.23. The highest BCUT2D eigenvalue weighted by atomic mass is 32.1. The van der Waals surface area contributed by atoms with Crippen LogP contribution >= 0.6 is 11.3 Å². The van der Waals surface area contributed by atoms with Gasteiger partial charge in [-0.3, -0.25) is 20.2 Å². The van der Waals surface area contributed by atoms with Crippen molar-refractivity contribution in [3.05, 3.63) is 50.5 Å². The van der Waals surface area contributed by atoms with Gasteiger partial charge < -0.3 is 0 Å². The summed E-state index contributed by atoms with van der Waals surface area (Å²) >= 11 is 1.35. The van der Waals surface area contributed by atoms with Gasteiger partial charge in [-0.05, 0) is 19.9 Å². The smallest absolute Gasteiger partial charge is 0.273 e. The van der Waals surface area contributed by atoms with E-state index in [0.29, 0.717) is 10.7 Å². The van der Waals surface area contributed by atoms with Gasteiger partial charge in [0.15, 0.2) is 5.13 Å². The van der Waals surface area contributed by atoms with Crippen molar-refractivity contribution in [1.29, 1.82) is 0 Å². The van der Waals surface area contributed by atoms with Crippen molar-refractivity contribution in [3.63, 3.8) is 0 Å². The molecule has 0 radical (unpaired) electrons. The Morgan fingerprint density at radius 1 is 1.42 bits per heavy atom. The molecule has 1 aromatic heterocycles. The van der Waals surface area contributed by atoms with Crippen LogP contribution in [0, 0.1) is 24.0 Å². The summed E-state index contributed by atoms with van der Waals surface area (Å²) in [4.78, 5) is 27.4. The van der Waals surface area contributed by atoms with E-state index in [0.717, 1.165) is 4.88 Å². The molecule has 0 bridgehead atoms. The molecular formula is C12H11N3O3S. The molecule has 19 heavy (non-hydrogen) atoms.